The summed E-state index contributed by atoms with van der Waals surface area (Å²) < 4.78 is 4.54. The molecule has 0 heterocycles. The SMILES string of the molecule is CCCCCCCCC1(CCCCCCCC)c2cc(-c3ccc(C(C)(C)c4cc(C)cc(C)c4)c(N)c3N=S)ccc2C2=CC=C(C(C)(C)c3cc(C)cc(C)c3)CC21. The highest BCUT2D eigenvalue weighted by atomic mass is 32.1. The highest BCUT2D eigenvalue weighted by Gasteiger charge is 2.50. The molecule has 0 bridgehead atoms. The van der Waals surface area contributed by atoms with E-state index in [2.05, 4.69) is 152 Å². The second-order valence-corrected chi connectivity index (χ2v) is 20.2. The van der Waals surface area contributed by atoms with Gasteiger partial charge in [0.15, 0.2) is 0 Å². The number of nitrogens with zero attached hydrogens (tertiary/aromatic N) is 1. The van der Waals surface area contributed by atoms with Crippen LogP contribution in [0.1, 0.15) is 188 Å². The van der Waals surface area contributed by atoms with Gasteiger partial charge in [-0.15, -0.1) is 0 Å². The van der Waals surface area contributed by atoms with Gasteiger partial charge in [0, 0.05) is 34.2 Å². The molecule has 0 amide bonds. The predicted molar refractivity (Wildman–Crippen MR) is 265 cm³/mol. The Morgan fingerprint density at radius 2 is 1.12 bits per heavy atom. The molecule has 1 atom stereocenters. The lowest BCUT2D eigenvalue weighted by molar-refractivity contribution is 0.265. The number of fused-ring (bicyclic) bond motifs is 3. The van der Waals surface area contributed by atoms with Crippen LogP contribution in [-0.4, -0.2) is 0 Å². The molecule has 3 heteroatoms. The molecule has 4 aromatic rings. The van der Waals surface area contributed by atoms with Crippen molar-refractivity contribution in [3.8, 4) is 11.1 Å². The number of hydrogen-bond acceptors (Lipinski definition) is 3. The minimum absolute atomic E-state index is 0.0607. The van der Waals surface area contributed by atoms with Crippen molar-refractivity contribution in [2.45, 2.75) is 182 Å². The van der Waals surface area contributed by atoms with E-state index in [0.29, 0.717) is 11.6 Å². The molecule has 60 heavy (non-hydrogen) atoms. The number of benzene rings is 4. The summed E-state index contributed by atoms with van der Waals surface area (Å²) in [7, 11) is 0. The van der Waals surface area contributed by atoms with E-state index in [0.717, 1.165) is 23.2 Å². The molecule has 1 unspecified atom stereocenters. The van der Waals surface area contributed by atoms with Crippen molar-refractivity contribution in [2.24, 2.45) is 10.3 Å². The average Bonchev–Trinajstić information content (AvgIpc) is 3.47. The maximum atomic E-state index is 7.17. The van der Waals surface area contributed by atoms with Gasteiger partial charge in [0.1, 0.15) is 5.69 Å². The van der Waals surface area contributed by atoms with E-state index in [1.165, 1.54) is 134 Å². The lowest BCUT2D eigenvalue weighted by Gasteiger charge is -2.42. The molecule has 320 valence electrons. The molecule has 2 aliphatic carbocycles. The molecule has 2 N–H and O–H groups in total. The van der Waals surface area contributed by atoms with Crippen LogP contribution in [0.2, 0.25) is 0 Å². The number of rotatable bonds is 20. The smallest absolute Gasteiger partial charge is 0.108 e. The van der Waals surface area contributed by atoms with Crippen LogP contribution < -0.4 is 5.73 Å². The maximum absolute atomic E-state index is 7.17. The minimum Gasteiger partial charge on any atom is -0.397 e. The first-order valence-corrected chi connectivity index (χ1v) is 24.0. The molecule has 0 aliphatic heterocycles. The quantitative estimate of drug-likeness (QED) is 0.0712. The highest BCUT2D eigenvalue weighted by Crippen LogP contribution is 2.61. The van der Waals surface area contributed by atoms with Crippen LogP contribution in [0.5, 0.6) is 0 Å². The molecule has 0 saturated carbocycles. The molecule has 0 radical (unpaired) electrons. The van der Waals surface area contributed by atoms with E-state index in [1.54, 1.807) is 16.7 Å². The third-order valence-corrected chi connectivity index (χ3v) is 14.9. The molecule has 2 nitrogen and oxygen atoms in total. The Morgan fingerprint density at radius 3 is 1.65 bits per heavy atom. The largest absolute Gasteiger partial charge is 0.397 e. The van der Waals surface area contributed by atoms with Gasteiger partial charge >= 0.3 is 0 Å². The van der Waals surface area contributed by atoms with Gasteiger partial charge in [-0.3, -0.25) is 0 Å². The van der Waals surface area contributed by atoms with Gasteiger partial charge in [-0.25, -0.2) is 0 Å². The Hall–Kier alpha value is -3.82. The number of nitrogens with two attached hydrogens (primary N) is 1. The van der Waals surface area contributed by atoms with E-state index in [4.69, 9.17) is 18.2 Å². The van der Waals surface area contributed by atoms with Gasteiger partial charge in [0.25, 0.3) is 0 Å². The molecule has 4 aromatic carbocycles. The summed E-state index contributed by atoms with van der Waals surface area (Å²) in [6, 6.07) is 25.8. The normalized spacial score (nSPS) is 16.0. The first-order chi connectivity index (χ1) is 28.7. The number of unbranched alkanes of at least 4 members (excludes halogenated alkanes) is 10. The van der Waals surface area contributed by atoms with Crippen molar-refractivity contribution in [3.05, 3.63) is 135 Å². The summed E-state index contributed by atoms with van der Waals surface area (Å²) in [5, 5.41) is 0. The Balaban J connectivity index is 1.46. The number of aryl methyl sites for hydroxylation is 4. The summed E-state index contributed by atoms with van der Waals surface area (Å²) >= 11 is 5.60. The molecule has 0 aromatic heterocycles. The van der Waals surface area contributed by atoms with Crippen molar-refractivity contribution in [1.29, 1.82) is 0 Å². The van der Waals surface area contributed by atoms with E-state index >= 15 is 0 Å². The monoisotopic (exact) mass is 821 g/mol. The zero-order valence-electron chi connectivity index (χ0n) is 39.1. The Morgan fingerprint density at radius 1 is 0.617 bits per heavy atom. The van der Waals surface area contributed by atoms with Crippen LogP contribution in [0.4, 0.5) is 11.4 Å². The van der Waals surface area contributed by atoms with Crippen molar-refractivity contribution < 1.29 is 0 Å². The number of nitrogen functional groups attached to an aromatic ring is 1. The fraction of sp³-hybridized carbons (Fsp3) is 0.509. The van der Waals surface area contributed by atoms with E-state index < -0.39 is 0 Å². The number of anilines is 1. The molecule has 0 saturated heterocycles. The molecule has 2 aliphatic rings. The van der Waals surface area contributed by atoms with Gasteiger partial charge in [-0.05, 0) is 97.9 Å². The number of allylic oxidation sites excluding steroid dienone is 4. The summed E-state index contributed by atoms with van der Waals surface area (Å²) in [6.45, 7) is 22.9. The van der Waals surface area contributed by atoms with Crippen LogP contribution in [0.25, 0.3) is 16.7 Å². The Bertz CT molecular complexity index is 2160. The summed E-state index contributed by atoms with van der Waals surface area (Å²) in [4.78, 5) is 0. The number of hydrogen-bond donors (Lipinski definition) is 1. The van der Waals surface area contributed by atoms with Gasteiger partial charge in [0.2, 0.25) is 0 Å². The second kappa shape index (κ2) is 19.5. The Labute approximate surface area is 371 Å². The van der Waals surface area contributed by atoms with Gasteiger partial charge in [-0.2, -0.15) is 4.36 Å². The van der Waals surface area contributed by atoms with Crippen LogP contribution in [-0.2, 0) is 28.7 Å². The highest BCUT2D eigenvalue weighted by molar-refractivity contribution is 7.47. The summed E-state index contributed by atoms with van der Waals surface area (Å²) in [5.41, 5.74) is 25.6. The fourth-order valence-corrected chi connectivity index (χ4v) is 11.4. The Kier molecular flexibility index (Phi) is 14.8. The topological polar surface area (TPSA) is 38.4 Å². The van der Waals surface area contributed by atoms with Crippen LogP contribution >= 0.6 is 0 Å². The predicted octanol–water partition coefficient (Wildman–Crippen LogP) is 16.9. The first-order valence-electron chi connectivity index (χ1n) is 23.7. The van der Waals surface area contributed by atoms with Gasteiger partial charge < -0.3 is 5.73 Å². The van der Waals surface area contributed by atoms with Gasteiger partial charge in [0.05, 0.1) is 5.69 Å². The van der Waals surface area contributed by atoms with Crippen molar-refractivity contribution in [2.75, 3.05) is 5.73 Å². The van der Waals surface area contributed by atoms with E-state index in [1.807, 2.05) is 0 Å². The average molecular weight is 821 g/mol. The minimum atomic E-state index is -0.312. The van der Waals surface area contributed by atoms with Crippen LogP contribution in [0.3, 0.4) is 0 Å². The van der Waals surface area contributed by atoms with Crippen molar-refractivity contribution in [3.63, 3.8) is 0 Å². The summed E-state index contributed by atoms with van der Waals surface area (Å²) in [5.74, 6) is 0.452. The van der Waals surface area contributed by atoms with E-state index in [-0.39, 0.29) is 16.2 Å². The van der Waals surface area contributed by atoms with E-state index in [9.17, 15) is 0 Å². The second-order valence-electron chi connectivity index (χ2n) is 20.0. The molecular formula is C57H76N2S. The first kappa shape index (κ1) is 45.7. The van der Waals surface area contributed by atoms with Crippen LogP contribution in [0.15, 0.2) is 88.8 Å². The third kappa shape index (κ3) is 9.47. The van der Waals surface area contributed by atoms with Crippen molar-refractivity contribution in [1.82, 2.24) is 0 Å². The standard InChI is InChI=1S/C57H76N2S/c1-11-13-15-17-19-21-29-57(30-22-20-18-16-14-12-2)51-37-43(47-27-28-50(53(58)54(47)59-60)56(9,10)46-35-41(5)32-42(6)36-46)23-25-48(51)49-26-24-44(38-52(49)57)55(7,8)45-33-39(3)31-40(4)34-45/h23-28,31-37,52H,11-22,29-30,38,58H2,1-10H3. The third-order valence-electron chi connectivity index (χ3n) is 14.7. The van der Waals surface area contributed by atoms with Gasteiger partial charge in [-0.1, -0.05) is 219 Å². The molecule has 0 spiro atoms. The molecular weight excluding hydrogens is 745 g/mol. The van der Waals surface area contributed by atoms with Crippen molar-refractivity contribution >= 4 is 29.4 Å². The molecule has 6 rings (SSSR count). The lowest BCUT2D eigenvalue weighted by Crippen LogP contribution is -2.35. The zero-order valence-corrected chi connectivity index (χ0v) is 39.9. The molecule has 0 fully saturated rings. The summed E-state index contributed by atoms with van der Waals surface area (Å²) in [6.07, 6.45) is 24.4. The lowest BCUT2D eigenvalue weighted by atomic mass is 9.62. The van der Waals surface area contributed by atoms with Crippen LogP contribution in [0, 0.1) is 33.6 Å². The fourth-order valence-electron chi connectivity index (χ4n) is 11.2. The zero-order chi connectivity index (χ0) is 43.2. The maximum Gasteiger partial charge on any atom is 0.108 e.